The molecule has 5 nitrogen and oxygen atoms in total. The second-order valence-corrected chi connectivity index (χ2v) is 9.21. The first kappa shape index (κ1) is 20.1. The molecule has 0 radical (unpaired) electrons. The molecule has 1 aromatic carbocycles. The number of amides is 1. The van der Waals surface area contributed by atoms with Crippen LogP contribution in [0.5, 0.6) is 0 Å². The normalized spacial score (nSPS) is 16.9. The van der Waals surface area contributed by atoms with Gasteiger partial charge in [-0.1, -0.05) is 32.8 Å². The number of hydrogen-bond acceptors (Lipinski definition) is 2. The molecular formula is C26H32N4O. The molecule has 0 atom stereocenters. The first-order valence-electron chi connectivity index (χ1n) is 11.7. The van der Waals surface area contributed by atoms with E-state index in [2.05, 4.69) is 43.7 Å². The van der Waals surface area contributed by atoms with E-state index in [1.54, 1.807) is 0 Å². The van der Waals surface area contributed by atoms with E-state index in [0.29, 0.717) is 6.54 Å². The zero-order valence-corrected chi connectivity index (χ0v) is 18.9. The number of H-pyrrole nitrogens is 1. The number of nitrogens with one attached hydrogen (secondary N) is 1. The molecule has 1 N–H and O–H groups in total. The number of carbonyl (C=O) groups is 1. The maximum atomic E-state index is 13.7. The number of benzene rings is 1. The highest BCUT2D eigenvalue weighted by molar-refractivity contribution is 6.11. The van der Waals surface area contributed by atoms with Crippen molar-refractivity contribution in [2.45, 2.75) is 64.2 Å². The molecule has 162 valence electrons. The average Bonchev–Trinajstić information content (AvgIpc) is 3.31. The fourth-order valence-corrected chi connectivity index (χ4v) is 6.00. The monoisotopic (exact) mass is 416 g/mol. The summed E-state index contributed by atoms with van der Waals surface area (Å²) in [5.41, 5.74) is 7.87. The number of hydrogen-bond donors (Lipinski definition) is 1. The summed E-state index contributed by atoms with van der Waals surface area (Å²) in [6.07, 6.45) is 10.9. The summed E-state index contributed by atoms with van der Waals surface area (Å²) < 4.78 is 1.92. The summed E-state index contributed by atoms with van der Waals surface area (Å²) in [6.45, 7) is 8.84. The predicted octanol–water partition coefficient (Wildman–Crippen LogP) is 5.43. The highest BCUT2D eigenvalue weighted by Gasteiger charge is 2.49. The lowest BCUT2D eigenvalue weighted by molar-refractivity contribution is -0.123. The van der Waals surface area contributed by atoms with Gasteiger partial charge in [0.15, 0.2) is 0 Å². The molecule has 0 spiro atoms. The van der Waals surface area contributed by atoms with Crippen molar-refractivity contribution in [2.24, 2.45) is 7.05 Å². The van der Waals surface area contributed by atoms with Gasteiger partial charge in [-0.3, -0.25) is 9.48 Å². The third-order valence-corrected chi connectivity index (χ3v) is 7.16. The van der Waals surface area contributed by atoms with Crippen molar-refractivity contribution in [3.05, 3.63) is 47.7 Å². The van der Waals surface area contributed by atoms with Crippen molar-refractivity contribution in [1.82, 2.24) is 14.8 Å². The highest BCUT2D eigenvalue weighted by Crippen LogP contribution is 2.50. The third-order valence-electron chi connectivity index (χ3n) is 7.16. The van der Waals surface area contributed by atoms with Gasteiger partial charge in [0, 0.05) is 36.4 Å². The van der Waals surface area contributed by atoms with E-state index >= 15 is 0 Å². The number of aromatic nitrogens is 3. The minimum Gasteiger partial charge on any atom is -0.353 e. The average molecular weight is 417 g/mol. The Labute approximate surface area is 184 Å². The quantitative estimate of drug-likeness (QED) is 0.545. The molecule has 1 amide bonds. The van der Waals surface area contributed by atoms with Gasteiger partial charge >= 0.3 is 0 Å². The first-order chi connectivity index (χ1) is 15.0. The van der Waals surface area contributed by atoms with Crippen LogP contribution in [0, 0.1) is 0 Å². The Balaban J connectivity index is 1.77. The summed E-state index contributed by atoms with van der Waals surface area (Å²) >= 11 is 0. The maximum Gasteiger partial charge on any atom is 0.238 e. The second kappa shape index (κ2) is 7.40. The maximum absolute atomic E-state index is 13.7. The highest BCUT2D eigenvalue weighted by atomic mass is 16.2. The Morgan fingerprint density at radius 1 is 1.23 bits per heavy atom. The Bertz CT molecular complexity index is 1180. The summed E-state index contributed by atoms with van der Waals surface area (Å²) in [6, 6.07) is 4.54. The minimum atomic E-state index is -0.422. The van der Waals surface area contributed by atoms with Gasteiger partial charge in [0.05, 0.1) is 11.1 Å². The number of aromatic amines is 1. The van der Waals surface area contributed by atoms with E-state index in [-0.39, 0.29) is 5.91 Å². The van der Waals surface area contributed by atoms with Gasteiger partial charge in [-0.25, -0.2) is 0 Å². The van der Waals surface area contributed by atoms with Gasteiger partial charge in [0.25, 0.3) is 0 Å². The smallest absolute Gasteiger partial charge is 0.238 e. The number of rotatable bonds is 6. The van der Waals surface area contributed by atoms with E-state index in [9.17, 15) is 4.79 Å². The summed E-state index contributed by atoms with van der Waals surface area (Å²) in [5, 5.41) is 6.01. The molecule has 1 aliphatic heterocycles. The van der Waals surface area contributed by atoms with E-state index in [4.69, 9.17) is 5.10 Å². The molecule has 2 aliphatic rings. The van der Waals surface area contributed by atoms with E-state index in [1.807, 2.05) is 22.7 Å². The van der Waals surface area contributed by atoms with Crippen LogP contribution in [-0.4, -0.2) is 27.2 Å². The molecule has 0 fully saturated rings. The van der Waals surface area contributed by atoms with Crippen molar-refractivity contribution in [2.75, 3.05) is 11.4 Å². The van der Waals surface area contributed by atoms with Gasteiger partial charge in [0.1, 0.15) is 5.69 Å². The van der Waals surface area contributed by atoms with E-state index in [1.165, 1.54) is 22.1 Å². The largest absolute Gasteiger partial charge is 0.353 e. The zero-order valence-electron chi connectivity index (χ0n) is 18.9. The van der Waals surface area contributed by atoms with Crippen LogP contribution in [0.15, 0.2) is 31.0 Å². The molecule has 0 unspecified atom stereocenters. The van der Waals surface area contributed by atoms with Crippen molar-refractivity contribution < 1.29 is 4.79 Å². The van der Waals surface area contributed by atoms with Gasteiger partial charge in [-0.15, -0.1) is 6.58 Å². The van der Waals surface area contributed by atoms with Crippen LogP contribution in [0.2, 0.25) is 0 Å². The fraction of sp³-hybridized carbons (Fsp3) is 0.462. The summed E-state index contributed by atoms with van der Waals surface area (Å²) in [4.78, 5) is 19.4. The van der Waals surface area contributed by atoms with Crippen LogP contribution in [-0.2, 0) is 30.1 Å². The van der Waals surface area contributed by atoms with Crippen molar-refractivity contribution >= 4 is 22.5 Å². The summed E-state index contributed by atoms with van der Waals surface area (Å²) in [7, 11) is 1.99. The molecule has 31 heavy (non-hydrogen) atoms. The Morgan fingerprint density at radius 3 is 2.71 bits per heavy atom. The Morgan fingerprint density at radius 2 is 2.00 bits per heavy atom. The van der Waals surface area contributed by atoms with Crippen LogP contribution in [0.4, 0.5) is 5.69 Å². The molecular weight excluding hydrogens is 384 g/mol. The van der Waals surface area contributed by atoms with Gasteiger partial charge in [0.2, 0.25) is 5.91 Å². The van der Waals surface area contributed by atoms with E-state index in [0.717, 1.165) is 67.5 Å². The molecule has 1 aliphatic carbocycles. The lowest BCUT2D eigenvalue weighted by Gasteiger charge is -2.28. The molecule has 3 heterocycles. The standard InChI is InChI=1S/C26H32N4O/c1-5-11-26(12-6-2)20-15-21-19(14-22(20)30(13-7-3)25(26)31)18-10-8-9-17-16-29(4)28-23(17)24(18)27-21/h7,14-16,27H,3,5-6,8-13H2,1-2,4H3. The fourth-order valence-electron chi connectivity index (χ4n) is 6.00. The van der Waals surface area contributed by atoms with Crippen LogP contribution in [0.25, 0.3) is 22.3 Å². The zero-order chi connectivity index (χ0) is 21.8. The molecule has 0 bridgehead atoms. The van der Waals surface area contributed by atoms with Gasteiger partial charge in [-0.2, -0.15) is 5.10 Å². The van der Waals surface area contributed by atoms with Crippen molar-refractivity contribution in [3.8, 4) is 11.4 Å². The van der Waals surface area contributed by atoms with Crippen molar-refractivity contribution in [1.29, 1.82) is 0 Å². The van der Waals surface area contributed by atoms with Gasteiger partial charge in [-0.05, 0) is 60.9 Å². The Kier molecular flexibility index (Phi) is 4.80. The number of anilines is 1. The summed E-state index contributed by atoms with van der Waals surface area (Å²) in [5.74, 6) is 0.247. The minimum absolute atomic E-state index is 0.247. The van der Waals surface area contributed by atoms with Crippen LogP contribution in [0.3, 0.4) is 0 Å². The van der Waals surface area contributed by atoms with Crippen LogP contribution >= 0.6 is 0 Å². The molecule has 0 saturated carbocycles. The molecule has 0 saturated heterocycles. The SMILES string of the molecule is C=CCN1C(=O)C(CCC)(CCC)c2cc3[nH]c4c(c3cc21)CCCc1cn(C)nc1-4. The lowest BCUT2D eigenvalue weighted by atomic mass is 9.74. The van der Waals surface area contributed by atoms with Gasteiger partial charge < -0.3 is 9.88 Å². The number of fused-ring (bicyclic) bond motifs is 6. The molecule has 5 heteroatoms. The lowest BCUT2D eigenvalue weighted by Crippen LogP contribution is -2.40. The second-order valence-electron chi connectivity index (χ2n) is 9.21. The number of aryl methyl sites for hydroxylation is 3. The predicted molar refractivity (Wildman–Crippen MR) is 127 cm³/mol. The third kappa shape index (κ3) is 2.82. The Hall–Kier alpha value is -2.82. The molecule has 5 rings (SSSR count). The first-order valence-corrected chi connectivity index (χ1v) is 11.7. The van der Waals surface area contributed by atoms with Crippen LogP contribution < -0.4 is 4.90 Å². The molecule has 3 aromatic rings. The molecule has 2 aromatic heterocycles. The van der Waals surface area contributed by atoms with Crippen LogP contribution in [0.1, 0.15) is 62.6 Å². The number of carbonyl (C=O) groups excluding carboxylic acids is 1. The number of nitrogens with zero attached hydrogens (tertiary/aromatic N) is 3. The van der Waals surface area contributed by atoms with Crippen molar-refractivity contribution in [3.63, 3.8) is 0 Å². The van der Waals surface area contributed by atoms with E-state index < -0.39 is 5.41 Å². The topological polar surface area (TPSA) is 53.9 Å².